The normalized spacial score (nSPS) is 11.4. The molecule has 0 spiro atoms. The maximum absolute atomic E-state index is 12.7. The number of benzene rings is 2. The number of hydrogen-bond acceptors (Lipinski definition) is 6. The SMILES string of the molecule is COC(=O)c1cccc(-c2ccc(/C=N\NC(=O)CNc3cccc(C(F)(F)F)c3)o2)c1. The smallest absolute Gasteiger partial charge is 0.416 e. The van der Waals surface area contributed by atoms with E-state index < -0.39 is 23.6 Å². The molecular formula is C22H18F3N3O4. The number of ether oxygens (including phenoxy) is 1. The van der Waals surface area contributed by atoms with E-state index in [1.54, 1.807) is 36.4 Å². The second kappa shape index (κ2) is 9.82. The monoisotopic (exact) mass is 445 g/mol. The van der Waals surface area contributed by atoms with Gasteiger partial charge in [-0.2, -0.15) is 18.3 Å². The fourth-order valence-electron chi connectivity index (χ4n) is 2.69. The molecule has 0 radical (unpaired) electrons. The molecule has 1 heterocycles. The van der Waals surface area contributed by atoms with Gasteiger partial charge in [-0.05, 0) is 42.5 Å². The van der Waals surface area contributed by atoms with Crippen molar-refractivity contribution in [3.05, 3.63) is 77.6 Å². The molecule has 3 rings (SSSR count). The Bertz CT molecular complexity index is 1140. The van der Waals surface area contributed by atoms with Crippen LogP contribution in [0.3, 0.4) is 0 Å². The Morgan fingerprint density at radius 3 is 2.62 bits per heavy atom. The fraction of sp³-hybridized carbons (Fsp3) is 0.136. The molecular weight excluding hydrogens is 427 g/mol. The summed E-state index contributed by atoms with van der Waals surface area (Å²) in [6.07, 6.45) is -3.19. The van der Waals surface area contributed by atoms with Crippen molar-refractivity contribution in [2.45, 2.75) is 6.18 Å². The van der Waals surface area contributed by atoms with Gasteiger partial charge in [-0.25, -0.2) is 10.2 Å². The summed E-state index contributed by atoms with van der Waals surface area (Å²) in [4.78, 5) is 23.5. The van der Waals surface area contributed by atoms with Crippen molar-refractivity contribution < 1.29 is 31.9 Å². The zero-order valence-electron chi connectivity index (χ0n) is 16.8. The minimum Gasteiger partial charge on any atom is -0.465 e. The molecule has 1 aromatic heterocycles. The molecule has 1 amide bonds. The van der Waals surface area contributed by atoms with Crippen molar-refractivity contribution in [3.63, 3.8) is 0 Å². The Labute approximate surface area is 180 Å². The molecule has 3 aromatic rings. The first-order valence-electron chi connectivity index (χ1n) is 9.28. The molecule has 7 nitrogen and oxygen atoms in total. The van der Waals surface area contributed by atoms with E-state index >= 15 is 0 Å². The van der Waals surface area contributed by atoms with Gasteiger partial charge < -0.3 is 14.5 Å². The Kier molecular flexibility index (Phi) is 6.93. The molecule has 0 saturated carbocycles. The summed E-state index contributed by atoms with van der Waals surface area (Å²) in [5.74, 6) is -0.206. The topological polar surface area (TPSA) is 92.9 Å². The number of hydrogen-bond donors (Lipinski definition) is 2. The first-order valence-corrected chi connectivity index (χ1v) is 9.28. The molecule has 0 aliphatic heterocycles. The van der Waals surface area contributed by atoms with Crippen LogP contribution in [-0.4, -0.2) is 31.7 Å². The number of alkyl halides is 3. The highest BCUT2D eigenvalue weighted by atomic mass is 19.4. The van der Waals surface area contributed by atoms with E-state index in [0.29, 0.717) is 22.6 Å². The highest BCUT2D eigenvalue weighted by Crippen LogP contribution is 2.30. The van der Waals surface area contributed by atoms with Crippen LogP contribution in [0, 0.1) is 0 Å². The van der Waals surface area contributed by atoms with Gasteiger partial charge in [0.2, 0.25) is 0 Å². The number of carbonyl (C=O) groups excluding carboxylic acids is 2. The molecule has 0 aliphatic carbocycles. The van der Waals surface area contributed by atoms with E-state index in [0.717, 1.165) is 12.1 Å². The molecule has 0 saturated heterocycles. The van der Waals surface area contributed by atoms with Crippen LogP contribution in [0.25, 0.3) is 11.3 Å². The van der Waals surface area contributed by atoms with Gasteiger partial charge in [0.05, 0.1) is 31.0 Å². The third-order valence-electron chi connectivity index (χ3n) is 4.22. The predicted octanol–water partition coefficient (Wildman–Crippen LogP) is 4.31. The van der Waals surface area contributed by atoms with Gasteiger partial charge >= 0.3 is 12.1 Å². The van der Waals surface area contributed by atoms with Gasteiger partial charge in [-0.1, -0.05) is 18.2 Å². The standard InChI is InChI=1S/C22H18F3N3O4/c1-31-21(30)15-5-2-4-14(10-15)19-9-8-18(32-19)12-27-28-20(29)13-26-17-7-3-6-16(11-17)22(23,24)25/h2-12,26H,13H2,1H3,(H,28,29)/b27-12-. The van der Waals surface area contributed by atoms with Crippen LogP contribution >= 0.6 is 0 Å². The summed E-state index contributed by atoms with van der Waals surface area (Å²) in [5.41, 5.74) is 2.62. The van der Waals surface area contributed by atoms with Crippen LogP contribution in [-0.2, 0) is 15.7 Å². The molecule has 0 atom stereocenters. The quantitative estimate of drug-likeness (QED) is 0.321. The lowest BCUT2D eigenvalue weighted by Crippen LogP contribution is -2.26. The Balaban J connectivity index is 1.54. The summed E-state index contributed by atoms with van der Waals surface area (Å²) in [7, 11) is 1.29. The summed E-state index contributed by atoms with van der Waals surface area (Å²) < 4.78 is 48.5. The molecule has 2 N–H and O–H groups in total. The second-order valence-electron chi connectivity index (χ2n) is 6.50. The lowest BCUT2D eigenvalue weighted by Gasteiger charge is -2.09. The van der Waals surface area contributed by atoms with Gasteiger partial charge in [0.1, 0.15) is 11.5 Å². The number of halogens is 3. The van der Waals surface area contributed by atoms with E-state index in [1.165, 1.54) is 25.5 Å². The lowest BCUT2D eigenvalue weighted by molar-refractivity contribution is -0.137. The van der Waals surface area contributed by atoms with Crippen LogP contribution < -0.4 is 10.7 Å². The van der Waals surface area contributed by atoms with E-state index in [-0.39, 0.29) is 12.2 Å². The van der Waals surface area contributed by atoms with E-state index in [4.69, 9.17) is 9.15 Å². The van der Waals surface area contributed by atoms with Crippen LogP contribution in [0.4, 0.5) is 18.9 Å². The molecule has 166 valence electrons. The number of hydrazone groups is 1. The van der Waals surface area contributed by atoms with Crippen molar-refractivity contribution in [2.24, 2.45) is 5.10 Å². The van der Waals surface area contributed by atoms with Crippen LogP contribution in [0.1, 0.15) is 21.7 Å². The minimum atomic E-state index is -4.47. The van der Waals surface area contributed by atoms with Gasteiger partial charge in [0.15, 0.2) is 0 Å². The first-order chi connectivity index (χ1) is 15.3. The highest BCUT2D eigenvalue weighted by Gasteiger charge is 2.30. The fourth-order valence-corrected chi connectivity index (χ4v) is 2.69. The summed E-state index contributed by atoms with van der Waals surface area (Å²) in [6, 6.07) is 14.5. The van der Waals surface area contributed by atoms with Gasteiger partial charge in [-0.15, -0.1) is 0 Å². The summed E-state index contributed by atoms with van der Waals surface area (Å²) in [6.45, 7) is -0.275. The minimum absolute atomic E-state index is 0.156. The Morgan fingerprint density at radius 1 is 1.09 bits per heavy atom. The Hall–Kier alpha value is -4.08. The maximum atomic E-state index is 12.7. The molecule has 32 heavy (non-hydrogen) atoms. The van der Waals surface area contributed by atoms with Crippen molar-refractivity contribution in [3.8, 4) is 11.3 Å². The van der Waals surface area contributed by atoms with Crippen molar-refractivity contribution in [2.75, 3.05) is 19.0 Å². The van der Waals surface area contributed by atoms with Crippen LogP contribution in [0.5, 0.6) is 0 Å². The van der Waals surface area contributed by atoms with Crippen LogP contribution in [0.2, 0.25) is 0 Å². The lowest BCUT2D eigenvalue weighted by atomic mass is 10.1. The molecule has 10 heteroatoms. The molecule has 0 bridgehead atoms. The van der Waals surface area contributed by atoms with Gasteiger partial charge in [0.25, 0.3) is 5.91 Å². The highest BCUT2D eigenvalue weighted by molar-refractivity contribution is 5.90. The van der Waals surface area contributed by atoms with Crippen molar-refractivity contribution >= 4 is 23.8 Å². The average Bonchev–Trinajstić information content (AvgIpc) is 3.26. The molecule has 0 unspecified atom stereocenters. The zero-order valence-corrected chi connectivity index (χ0v) is 16.8. The average molecular weight is 445 g/mol. The maximum Gasteiger partial charge on any atom is 0.416 e. The third kappa shape index (κ3) is 5.97. The third-order valence-corrected chi connectivity index (χ3v) is 4.22. The first kappa shape index (κ1) is 22.6. The van der Waals surface area contributed by atoms with Crippen LogP contribution in [0.15, 0.2) is 70.2 Å². The zero-order chi connectivity index (χ0) is 23.1. The summed E-state index contributed by atoms with van der Waals surface area (Å²) >= 11 is 0. The largest absolute Gasteiger partial charge is 0.465 e. The number of carbonyl (C=O) groups is 2. The van der Waals surface area contributed by atoms with E-state index in [1.807, 2.05) is 0 Å². The van der Waals surface area contributed by atoms with E-state index in [9.17, 15) is 22.8 Å². The number of rotatable bonds is 7. The van der Waals surface area contributed by atoms with Crippen molar-refractivity contribution in [1.29, 1.82) is 0 Å². The van der Waals surface area contributed by atoms with Gasteiger partial charge in [-0.3, -0.25) is 4.79 Å². The second-order valence-corrected chi connectivity index (χ2v) is 6.50. The summed E-state index contributed by atoms with van der Waals surface area (Å²) in [5, 5.41) is 6.37. The number of nitrogens with one attached hydrogen (secondary N) is 2. The van der Waals surface area contributed by atoms with E-state index in [2.05, 4.69) is 15.8 Å². The van der Waals surface area contributed by atoms with Crippen molar-refractivity contribution in [1.82, 2.24) is 5.43 Å². The number of furan rings is 1. The molecule has 2 aromatic carbocycles. The number of esters is 1. The number of methoxy groups -OCH3 is 1. The number of anilines is 1. The predicted molar refractivity (Wildman–Crippen MR) is 111 cm³/mol. The molecule has 0 fully saturated rings. The number of nitrogens with zero attached hydrogens (tertiary/aromatic N) is 1. The Morgan fingerprint density at radius 2 is 1.88 bits per heavy atom. The number of amides is 1. The molecule has 0 aliphatic rings. The van der Waals surface area contributed by atoms with Gasteiger partial charge in [0, 0.05) is 11.3 Å².